The van der Waals surface area contributed by atoms with Crippen LogP contribution in [-0.4, -0.2) is 43.5 Å². The first-order chi connectivity index (χ1) is 14.2. The molecule has 0 unspecified atom stereocenters. The SMILES string of the molecule is Cc1ccccc1N1CCN(CC(=O)N[C@H](c2ccccc2)c2cccs2)CC1. The smallest absolute Gasteiger partial charge is 0.234 e. The lowest BCUT2D eigenvalue weighted by molar-refractivity contribution is -0.122. The highest BCUT2D eigenvalue weighted by Gasteiger charge is 2.22. The van der Waals surface area contributed by atoms with E-state index in [0.29, 0.717) is 6.54 Å². The number of carbonyl (C=O) groups excluding carboxylic acids is 1. The van der Waals surface area contributed by atoms with Crippen molar-refractivity contribution >= 4 is 22.9 Å². The third-order valence-corrected chi connectivity index (χ3v) is 6.40. The van der Waals surface area contributed by atoms with E-state index in [2.05, 4.69) is 69.9 Å². The minimum Gasteiger partial charge on any atom is -0.369 e. The Morgan fingerprint density at radius 1 is 0.966 bits per heavy atom. The van der Waals surface area contributed by atoms with Crippen LogP contribution in [0.3, 0.4) is 0 Å². The van der Waals surface area contributed by atoms with Gasteiger partial charge in [0.1, 0.15) is 0 Å². The number of thiophene rings is 1. The highest BCUT2D eigenvalue weighted by Crippen LogP contribution is 2.26. The number of aryl methyl sites for hydroxylation is 1. The van der Waals surface area contributed by atoms with Gasteiger partial charge in [-0.25, -0.2) is 0 Å². The van der Waals surface area contributed by atoms with Gasteiger partial charge >= 0.3 is 0 Å². The van der Waals surface area contributed by atoms with Crippen LogP contribution in [0.25, 0.3) is 0 Å². The number of amides is 1. The first-order valence-corrected chi connectivity index (χ1v) is 11.0. The molecule has 0 radical (unpaired) electrons. The summed E-state index contributed by atoms with van der Waals surface area (Å²) < 4.78 is 0. The van der Waals surface area contributed by atoms with E-state index in [1.165, 1.54) is 11.3 Å². The summed E-state index contributed by atoms with van der Waals surface area (Å²) in [6.07, 6.45) is 0. The molecule has 1 fully saturated rings. The van der Waals surface area contributed by atoms with E-state index in [9.17, 15) is 4.79 Å². The van der Waals surface area contributed by atoms with Crippen molar-refractivity contribution in [1.82, 2.24) is 10.2 Å². The van der Waals surface area contributed by atoms with Gasteiger partial charge in [0, 0.05) is 36.7 Å². The van der Waals surface area contributed by atoms with E-state index in [1.807, 2.05) is 24.3 Å². The molecule has 1 saturated heterocycles. The van der Waals surface area contributed by atoms with Gasteiger partial charge in [0.25, 0.3) is 0 Å². The highest BCUT2D eigenvalue weighted by atomic mass is 32.1. The average Bonchev–Trinajstić information content (AvgIpc) is 3.28. The van der Waals surface area contributed by atoms with Gasteiger partial charge in [0.15, 0.2) is 0 Å². The minimum absolute atomic E-state index is 0.0802. The molecule has 4 nitrogen and oxygen atoms in total. The number of para-hydroxylation sites is 1. The number of carbonyl (C=O) groups is 1. The van der Waals surface area contributed by atoms with Crippen LogP contribution < -0.4 is 10.2 Å². The van der Waals surface area contributed by atoms with E-state index in [1.54, 1.807) is 11.3 Å². The molecule has 3 aromatic rings. The number of hydrogen-bond donors (Lipinski definition) is 1. The molecular formula is C24H27N3OS. The third kappa shape index (κ3) is 4.86. The Hall–Kier alpha value is -2.63. The maximum absolute atomic E-state index is 12.8. The van der Waals surface area contributed by atoms with E-state index >= 15 is 0 Å². The van der Waals surface area contributed by atoms with Crippen molar-refractivity contribution in [2.45, 2.75) is 13.0 Å². The molecular weight excluding hydrogens is 378 g/mol. The zero-order valence-electron chi connectivity index (χ0n) is 16.8. The van der Waals surface area contributed by atoms with Crippen LogP contribution in [0, 0.1) is 6.92 Å². The molecule has 1 aliphatic rings. The Morgan fingerprint density at radius 3 is 2.38 bits per heavy atom. The van der Waals surface area contributed by atoms with Crippen molar-refractivity contribution in [3.63, 3.8) is 0 Å². The zero-order valence-corrected chi connectivity index (χ0v) is 17.6. The van der Waals surface area contributed by atoms with Crippen molar-refractivity contribution in [2.24, 2.45) is 0 Å². The maximum Gasteiger partial charge on any atom is 0.234 e. The van der Waals surface area contributed by atoms with Crippen LogP contribution in [-0.2, 0) is 4.79 Å². The summed E-state index contributed by atoms with van der Waals surface area (Å²) in [5, 5.41) is 5.31. The maximum atomic E-state index is 12.8. The Labute approximate surface area is 176 Å². The molecule has 4 rings (SSSR count). The second-order valence-corrected chi connectivity index (χ2v) is 8.46. The number of benzene rings is 2. The molecule has 1 aliphatic heterocycles. The summed E-state index contributed by atoms with van der Waals surface area (Å²) in [5.74, 6) is 0.0802. The number of piperazine rings is 1. The molecule has 1 atom stereocenters. The Kier molecular flexibility index (Phi) is 6.27. The fraction of sp³-hybridized carbons (Fsp3) is 0.292. The fourth-order valence-corrected chi connectivity index (χ4v) is 4.70. The van der Waals surface area contributed by atoms with Gasteiger partial charge in [0.05, 0.1) is 12.6 Å². The molecule has 29 heavy (non-hydrogen) atoms. The quantitative estimate of drug-likeness (QED) is 0.671. The molecule has 1 aromatic heterocycles. The van der Waals surface area contributed by atoms with Crippen LogP contribution in [0.15, 0.2) is 72.1 Å². The number of nitrogens with zero attached hydrogens (tertiary/aromatic N) is 2. The third-order valence-electron chi connectivity index (χ3n) is 5.46. The Bertz CT molecular complexity index is 918. The van der Waals surface area contributed by atoms with Crippen LogP contribution in [0.5, 0.6) is 0 Å². The van der Waals surface area contributed by atoms with Crippen molar-refractivity contribution in [1.29, 1.82) is 0 Å². The van der Waals surface area contributed by atoms with Crippen LogP contribution >= 0.6 is 11.3 Å². The summed E-state index contributed by atoms with van der Waals surface area (Å²) in [6.45, 7) is 6.30. The van der Waals surface area contributed by atoms with Gasteiger partial charge in [-0.3, -0.25) is 9.69 Å². The number of rotatable bonds is 6. The first-order valence-electron chi connectivity index (χ1n) is 10.1. The van der Waals surface area contributed by atoms with E-state index in [-0.39, 0.29) is 11.9 Å². The molecule has 1 amide bonds. The van der Waals surface area contributed by atoms with Crippen molar-refractivity contribution in [3.8, 4) is 0 Å². The van der Waals surface area contributed by atoms with Gasteiger partial charge in [-0.15, -0.1) is 11.3 Å². The molecule has 0 aliphatic carbocycles. The lowest BCUT2D eigenvalue weighted by Crippen LogP contribution is -2.50. The van der Waals surface area contributed by atoms with Crippen LogP contribution in [0.2, 0.25) is 0 Å². The van der Waals surface area contributed by atoms with Crippen molar-refractivity contribution in [2.75, 3.05) is 37.6 Å². The van der Waals surface area contributed by atoms with Gasteiger partial charge in [-0.2, -0.15) is 0 Å². The lowest BCUT2D eigenvalue weighted by atomic mass is 10.1. The van der Waals surface area contributed by atoms with Crippen molar-refractivity contribution in [3.05, 3.63) is 88.1 Å². The zero-order chi connectivity index (χ0) is 20.1. The molecule has 0 saturated carbocycles. The Balaban J connectivity index is 1.35. The van der Waals surface area contributed by atoms with Gasteiger partial charge < -0.3 is 10.2 Å². The molecule has 0 bridgehead atoms. The molecule has 0 spiro atoms. The molecule has 150 valence electrons. The van der Waals surface area contributed by atoms with Crippen LogP contribution in [0.4, 0.5) is 5.69 Å². The highest BCUT2D eigenvalue weighted by molar-refractivity contribution is 7.10. The molecule has 5 heteroatoms. The molecule has 1 N–H and O–H groups in total. The summed E-state index contributed by atoms with van der Waals surface area (Å²) in [4.78, 5) is 18.7. The number of nitrogens with one attached hydrogen (secondary N) is 1. The summed E-state index contributed by atoms with van der Waals surface area (Å²) in [5.41, 5.74) is 3.73. The molecule has 2 heterocycles. The van der Waals surface area contributed by atoms with Gasteiger partial charge in [0.2, 0.25) is 5.91 Å². The second-order valence-electron chi connectivity index (χ2n) is 7.48. The van der Waals surface area contributed by atoms with E-state index in [4.69, 9.17) is 0 Å². The predicted octanol–water partition coefficient (Wildman–Crippen LogP) is 4.08. The number of hydrogen-bond acceptors (Lipinski definition) is 4. The number of anilines is 1. The summed E-state index contributed by atoms with van der Waals surface area (Å²) in [6, 6.07) is 22.7. The topological polar surface area (TPSA) is 35.6 Å². The van der Waals surface area contributed by atoms with Gasteiger partial charge in [-0.1, -0.05) is 54.6 Å². The summed E-state index contributed by atoms with van der Waals surface area (Å²) in [7, 11) is 0. The second kappa shape index (κ2) is 9.25. The summed E-state index contributed by atoms with van der Waals surface area (Å²) >= 11 is 1.68. The predicted molar refractivity (Wildman–Crippen MR) is 121 cm³/mol. The largest absolute Gasteiger partial charge is 0.369 e. The average molecular weight is 406 g/mol. The van der Waals surface area contributed by atoms with Gasteiger partial charge in [-0.05, 0) is 35.6 Å². The lowest BCUT2D eigenvalue weighted by Gasteiger charge is -2.36. The Morgan fingerprint density at radius 2 is 1.69 bits per heavy atom. The van der Waals surface area contributed by atoms with Crippen LogP contribution in [0.1, 0.15) is 22.0 Å². The van der Waals surface area contributed by atoms with E-state index in [0.717, 1.165) is 36.6 Å². The fourth-order valence-electron chi connectivity index (χ4n) is 3.89. The normalized spacial score (nSPS) is 15.8. The van der Waals surface area contributed by atoms with Crippen molar-refractivity contribution < 1.29 is 4.79 Å². The van der Waals surface area contributed by atoms with E-state index < -0.39 is 0 Å². The molecule has 2 aromatic carbocycles. The first kappa shape index (κ1) is 19.7. The standard InChI is InChI=1S/C24H27N3OS/c1-19-8-5-6-11-21(19)27-15-13-26(14-16-27)18-23(28)25-24(22-12-7-17-29-22)20-9-3-2-4-10-20/h2-12,17,24H,13-16,18H2,1H3,(H,25,28)/t24-/m1/s1. The monoisotopic (exact) mass is 405 g/mol. The minimum atomic E-state index is -0.0862.